The Bertz CT molecular complexity index is 586. The molecule has 21 heavy (non-hydrogen) atoms. The second kappa shape index (κ2) is 5.33. The van der Waals surface area contributed by atoms with Gasteiger partial charge in [-0.15, -0.1) is 0 Å². The minimum absolute atomic E-state index is 0.0651. The number of nitrogens with two attached hydrogens (primary N) is 1. The summed E-state index contributed by atoms with van der Waals surface area (Å²) < 4.78 is 0. The van der Waals surface area contributed by atoms with E-state index in [1.165, 1.54) is 18.2 Å². The lowest BCUT2D eigenvalue weighted by Crippen LogP contribution is -2.58. The average molecular weight is 292 g/mol. The Kier molecular flexibility index (Phi) is 3.87. The summed E-state index contributed by atoms with van der Waals surface area (Å²) >= 11 is 0. The smallest absolute Gasteiger partial charge is 0.292 e. The van der Waals surface area contributed by atoms with Crippen LogP contribution in [0.4, 0.5) is 11.4 Å². The van der Waals surface area contributed by atoms with Crippen molar-refractivity contribution in [3.63, 3.8) is 0 Å². The normalized spacial score (nSPS) is 18.5. The lowest BCUT2D eigenvalue weighted by Gasteiger charge is -2.45. The molecule has 1 fully saturated rings. The van der Waals surface area contributed by atoms with E-state index >= 15 is 0 Å². The van der Waals surface area contributed by atoms with Crippen molar-refractivity contribution in [2.24, 2.45) is 0 Å². The van der Waals surface area contributed by atoms with Crippen LogP contribution in [0.2, 0.25) is 0 Å². The molecule has 0 aromatic heterocycles. The SMILES string of the molecule is CN1CCN(C(=O)c2ccc(N)c([N+](=O)[O-])c2)CC1(C)C. The van der Waals surface area contributed by atoms with Crippen molar-refractivity contribution in [3.8, 4) is 0 Å². The molecule has 2 rings (SSSR count). The summed E-state index contributed by atoms with van der Waals surface area (Å²) in [4.78, 5) is 26.8. The fraction of sp³-hybridized carbons (Fsp3) is 0.500. The molecule has 0 aliphatic carbocycles. The van der Waals surface area contributed by atoms with Crippen LogP contribution >= 0.6 is 0 Å². The molecular formula is C14H20N4O3. The van der Waals surface area contributed by atoms with E-state index in [0.717, 1.165) is 6.54 Å². The molecule has 1 heterocycles. The number of nitro groups is 1. The number of nitrogens with zero attached hydrogens (tertiary/aromatic N) is 3. The maximum absolute atomic E-state index is 12.5. The third-order valence-electron chi connectivity index (χ3n) is 4.08. The molecule has 1 aliphatic rings. The molecule has 1 aromatic rings. The Morgan fingerprint density at radius 3 is 2.62 bits per heavy atom. The first-order valence-corrected chi connectivity index (χ1v) is 6.77. The van der Waals surface area contributed by atoms with E-state index < -0.39 is 4.92 Å². The van der Waals surface area contributed by atoms with Gasteiger partial charge in [-0.3, -0.25) is 19.8 Å². The molecule has 114 valence electrons. The Labute approximate surface area is 123 Å². The molecule has 1 aromatic carbocycles. The third-order valence-corrected chi connectivity index (χ3v) is 4.08. The van der Waals surface area contributed by atoms with Gasteiger partial charge in [-0.25, -0.2) is 0 Å². The van der Waals surface area contributed by atoms with Gasteiger partial charge in [0.05, 0.1) is 4.92 Å². The quantitative estimate of drug-likeness (QED) is 0.504. The van der Waals surface area contributed by atoms with Gasteiger partial charge in [0.15, 0.2) is 0 Å². The van der Waals surface area contributed by atoms with Gasteiger partial charge in [-0.05, 0) is 33.0 Å². The zero-order chi connectivity index (χ0) is 15.8. The molecule has 7 nitrogen and oxygen atoms in total. The maximum atomic E-state index is 12.5. The average Bonchev–Trinajstić information content (AvgIpc) is 2.41. The van der Waals surface area contributed by atoms with Crippen LogP contribution in [0.3, 0.4) is 0 Å². The van der Waals surface area contributed by atoms with Gasteiger partial charge in [-0.2, -0.15) is 0 Å². The van der Waals surface area contributed by atoms with Crippen molar-refractivity contribution < 1.29 is 9.72 Å². The Balaban J connectivity index is 2.25. The van der Waals surface area contributed by atoms with Crippen molar-refractivity contribution in [2.45, 2.75) is 19.4 Å². The van der Waals surface area contributed by atoms with Crippen LogP contribution in [0, 0.1) is 10.1 Å². The molecule has 0 radical (unpaired) electrons. The first kappa shape index (κ1) is 15.2. The first-order valence-electron chi connectivity index (χ1n) is 6.77. The van der Waals surface area contributed by atoms with Gasteiger partial charge >= 0.3 is 0 Å². The number of likely N-dealkylation sites (N-methyl/N-ethyl adjacent to an activating group) is 1. The topological polar surface area (TPSA) is 92.7 Å². The number of benzene rings is 1. The van der Waals surface area contributed by atoms with Crippen LogP contribution in [0.5, 0.6) is 0 Å². The van der Waals surface area contributed by atoms with E-state index in [0.29, 0.717) is 18.7 Å². The van der Waals surface area contributed by atoms with E-state index in [1.54, 1.807) is 4.90 Å². The van der Waals surface area contributed by atoms with Gasteiger partial charge in [0, 0.05) is 36.8 Å². The molecule has 2 N–H and O–H groups in total. The molecule has 0 saturated carbocycles. The van der Waals surface area contributed by atoms with Crippen molar-refractivity contribution in [3.05, 3.63) is 33.9 Å². The molecule has 0 unspecified atom stereocenters. The second-order valence-electron chi connectivity index (χ2n) is 5.99. The summed E-state index contributed by atoms with van der Waals surface area (Å²) in [5.74, 6) is -0.195. The van der Waals surface area contributed by atoms with Crippen molar-refractivity contribution in [2.75, 3.05) is 32.4 Å². The monoisotopic (exact) mass is 292 g/mol. The van der Waals surface area contributed by atoms with Gasteiger partial charge in [-0.1, -0.05) is 0 Å². The van der Waals surface area contributed by atoms with E-state index in [4.69, 9.17) is 5.73 Å². The van der Waals surface area contributed by atoms with E-state index in [1.807, 2.05) is 7.05 Å². The largest absolute Gasteiger partial charge is 0.393 e. The number of nitro benzene ring substituents is 1. The van der Waals surface area contributed by atoms with Gasteiger partial charge in [0.25, 0.3) is 11.6 Å². The number of piperazine rings is 1. The molecular weight excluding hydrogens is 272 g/mol. The number of anilines is 1. The van der Waals surface area contributed by atoms with Gasteiger partial charge in [0.1, 0.15) is 5.69 Å². The zero-order valence-corrected chi connectivity index (χ0v) is 12.5. The highest BCUT2D eigenvalue weighted by molar-refractivity contribution is 5.95. The highest BCUT2D eigenvalue weighted by Crippen LogP contribution is 2.25. The predicted molar refractivity (Wildman–Crippen MR) is 80.1 cm³/mol. The number of hydrogen-bond acceptors (Lipinski definition) is 5. The summed E-state index contributed by atoms with van der Waals surface area (Å²) in [6, 6.07) is 4.20. The number of nitrogen functional groups attached to an aromatic ring is 1. The Morgan fingerprint density at radius 2 is 2.05 bits per heavy atom. The van der Waals surface area contributed by atoms with E-state index in [2.05, 4.69) is 18.7 Å². The van der Waals surface area contributed by atoms with E-state index in [-0.39, 0.29) is 22.8 Å². The second-order valence-corrected chi connectivity index (χ2v) is 5.99. The summed E-state index contributed by atoms with van der Waals surface area (Å²) in [6.07, 6.45) is 0. The predicted octanol–water partition coefficient (Wildman–Crippen LogP) is 1.34. The standard InChI is InChI=1S/C14H20N4O3/c1-14(2)9-17(7-6-16(14)3)13(19)10-4-5-11(15)12(8-10)18(20)21/h4-5,8H,6-7,9,15H2,1-3H3. The summed E-state index contributed by atoms with van der Waals surface area (Å²) in [5, 5.41) is 10.9. The Hall–Kier alpha value is -2.15. The first-order chi connectivity index (χ1) is 9.72. The number of amides is 1. The van der Waals surface area contributed by atoms with Crippen LogP contribution in [0.1, 0.15) is 24.2 Å². The number of carbonyl (C=O) groups excluding carboxylic acids is 1. The van der Waals surface area contributed by atoms with Crippen LogP contribution < -0.4 is 5.73 Å². The van der Waals surface area contributed by atoms with Crippen LogP contribution in [-0.2, 0) is 0 Å². The molecule has 1 aliphatic heterocycles. The highest BCUT2D eigenvalue weighted by atomic mass is 16.6. The van der Waals surface area contributed by atoms with Crippen molar-refractivity contribution in [1.29, 1.82) is 0 Å². The number of hydrogen-bond donors (Lipinski definition) is 1. The lowest BCUT2D eigenvalue weighted by atomic mass is 9.99. The van der Waals surface area contributed by atoms with Gasteiger partial charge in [0.2, 0.25) is 0 Å². The maximum Gasteiger partial charge on any atom is 0.292 e. The minimum Gasteiger partial charge on any atom is -0.393 e. The summed E-state index contributed by atoms with van der Waals surface area (Å²) in [6.45, 7) is 6.10. The Morgan fingerprint density at radius 1 is 1.38 bits per heavy atom. The van der Waals surface area contributed by atoms with Gasteiger partial charge < -0.3 is 10.6 Å². The summed E-state index contributed by atoms with van der Waals surface area (Å²) in [5.41, 5.74) is 5.58. The van der Waals surface area contributed by atoms with Crippen LogP contribution in [0.25, 0.3) is 0 Å². The third kappa shape index (κ3) is 2.97. The fourth-order valence-corrected chi connectivity index (χ4v) is 2.43. The van der Waals surface area contributed by atoms with Crippen molar-refractivity contribution >= 4 is 17.3 Å². The zero-order valence-electron chi connectivity index (χ0n) is 12.5. The molecule has 0 spiro atoms. The van der Waals surface area contributed by atoms with Crippen LogP contribution in [0.15, 0.2) is 18.2 Å². The molecule has 7 heteroatoms. The fourth-order valence-electron chi connectivity index (χ4n) is 2.43. The molecule has 0 atom stereocenters. The molecule has 0 bridgehead atoms. The van der Waals surface area contributed by atoms with Crippen molar-refractivity contribution in [1.82, 2.24) is 9.80 Å². The summed E-state index contributed by atoms with van der Waals surface area (Å²) in [7, 11) is 2.02. The highest BCUT2D eigenvalue weighted by Gasteiger charge is 2.33. The molecule has 1 saturated heterocycles. The lowest BCUT2D eigenvalue weighted by molar-refractivity contribution is -0.383. The minimum atomic E-state index is -0.569. The molecule has 1 amide bonds. The number of rotatable bonds is 2. The number of carbonyl (C=O) groups is 1. The van der Waals surface area contributed by atoms with E-state index in [9.17, 15) is 14.9 Å². The van der Waals surface area contributed by atoms with Crippen LogP contribution in [-0.4, -0.2) is 52.9 Å².